The zero-order valence-electron chi connectivity index (χ0n) is 16.7. The summed E-state index contributed by atoms with van der Waals surface area (Å²) < 4.78 is 59.9. The van der Waals surface area contributed by atoms with Crippen molar-refractivity contribution >= 4 is 11.6 Å². The van der Waals surface area contributed by atoms with Crippen LogP contribution in [-0.2, 0) is 12.7 Å². The molecule has 0 unspecified atom stereocenters. The molecule has 1 amide bonds. The molecule has 0 bridgehead atoms. The third kappa shape index (κ3) is 4.25. The van der Waals surface area contributed by atoms with Crippen LogP contribution >= 0.6 is 0 Å². The van der Waals surface area contributed by atoms with Gasteiger partial charge >= 0.3 is 6.18 Å². The number of rotatable bonds is 5. The molecule has 0 radical (unpaired) electrons. The first-order chi connectivity index (χ1) is 15.3. The summed E-state index contributed by atoms with van der Waals surface area (Å²) in [7, 11) is 1.44. The summed E-state index contributed by atoms with van der Waals surface area (Å²) in [6, 6.07) is 12.8. The first kappa shape index (κ1) is 21.3. The standard InChI is InChI=1S/C22H16F4N4O2/c1-32-16-4-2-3-14(9-16)18-10-19(22(24,25)26)30-20(29-18)17(12-28-30)21(31)27-11-13-5-7-15(23)8-6-13/h2-10,12H,11H2,1H3,(H,27,31). The van der Waals surface area contributed by atoms with Crippen LogP contribution in [0.4, 0.5) is 17.6 Å². The molecule has 0 fully saturated rings. The predicted octanol–water partition coefficient (Wildman–Crippen LogP) is 4.49. The highest BCUT2D eigenvalue weighted by atomic mass is 19.4. The van der Waals surface area contributed by atoms with Gasteiger partial charge in [0.25, 0.3) is 5.91 Å². The Balaban J connectivity index is 1.75. The number of amides is 1. The van der Waals surface area contributed by atoms with E-state index in [0.29, 0.717) is 21.4 Å². The number of carbonyl (C=O) groups is 1. The minimum absolute atomic E-state index is 0.0109. The van der Waals surface area contributed by atoms with E-state index in [2.05, 4.69) is 15.4 Å². The number of hydrogen-bond donors (Lipinski definition) is 1. The van der Waals surface area contributed by atoms with E-state index in [0.717, 1.165) is 12.3 Å². The van der Waals surface area contributed by atoms with Crippen molar-refractivity contribution < 1.29 is 27.1 Å². The molecule has 4 rings (SSSR count). The van der Waals surface area contributed by atoms with E-state index in [1.54, 1.807) is 24.3 Å². The van der Waals surface area contributed by atoms with Crippen LogP contribution < -0.4 is 10.1 Å². The maximum Gasteiger partial charge on any atom is 0.433 e. The second-order valence-corrected chi connectivity index (χ2v) is 6.86. The van der Waals surface area contributed by atoms with Crippen LogP contribution in [0.5, 0.6) is 5.75 Å². The molecule has 0 saturated heterocycles. The summed E-state index contributed by atoms with van der Waals surface area (Å²) in [5, 5.41) is 6.33. The summed E-state index contributed by atoms with van der Waals surface area (Å²) in [5.74, 6) is -0.632. The number of nitrogens with zero attached hydrogens (tertiary/aromatic N) is 3. The fourth-order valence-corrected chi connectivity index (χ4v) is 3.14. The number of aromatic nitrogens is 3. The fraction of sp³-hybridized carbons (Fsp3) is 0.136. The molecule has 2 aromatic heterocycles. The summed E-state index contributed by atoms with van der Waals surface area (Å²) in [6.07, 6.45) is -3.70. The number of benzene rings is 2. The van der Waals surface area contributed by atoms with Gasteiger partial charge in [-0.1, -0.05) is 24.3 Å². The highest BCUT2D eigenvalue weighted by molar-refractivity contribution is 5.99. The van der Waals surface area contributed by atoms with E-state index < -0.39 is 23.6 Å². The molecule has 0 spiro atoms. The van der Waals surface area contributed by atoms with Crippen LogP contribution in [0.1, 0.15) is 21.6 Å². The number of fused-ring (bicyclic) bond motifs is 1. The quantitative estimate of drug-likeness (QED) is 0.461. The maximum absolute atomic E-state index is 13.7. The lowest BCUT2D eigenvalue weighted by molar-refractivity contribution is -0.142. The molecule has 6 nitrogen and oxygen atoms in total. The monoisotopic (exact) mass is 444 g/mol. The van der Waals surface area contributed by atoms with E-state index in [1.165, 1.54) is 31.4 Å². The highest BCUT2D eigenvalue weighted by Gasteiger charge is 2.36. The van der Waals surface area contributed by atoms with Crippen molar-refractivity contribution in [1.29, 1.82) is 0 Å². The van der Waals surface area contributed by atoms with Crippen LogP contribution in [0.3, 0.4) is 0 Å². The second kappa shape index (κ2) is 8.29. The molecule has 1 N–H and O–H groups in total. The number of alkyl halides is 3. The van der Waals surface area contributed by atoms with Gasteiger partial charge in [-0.3, -0.25) is 4.79 Å². The van der Waals surface area contributed by atoms with Gasteiger partial charge in [0, 0.05) is 12.1 Å². The lowest BCUT2D eigenvalue weighted by atomic mass is 10.1. The Labute approximate surface area is 179 Å². The zero-order chi connectivity index (χ0) is 22.9. The Bertz CT molecular complexity index is 1280. The van der Waals surface area contributed by atoms with Crippen molar-refractivity contribution in [2.24, 2.45) is 0 Å². The Morgan fingerprint density at radius 1 is 1.12 bits per heavy atom. The van der Waals surface area contributed by atoms with Gasteiger partial charge in [-0.15, -0.1) is 0 Å². The summed E-state index contributed by atoms with van der Waals surface area (Å²) in [6.45, 7) is 0.0537. The van der Waals surface area contributed by atoms with Crippen LogP contribution in [0.25, 0.3) is 16.9 Å². The molecule has 0 saturated carbocycles. The van der Waals surface area contributed by atoms with E-state index >= 15 is 0 Å². The average Bonchev–Trinajstić information content (AvgIpc) is 3.21. The van der Waals surface area contributed by atoms with Crippen molar-refractivity contribution in [3.05, 3.63) is 83.4 Å². The second-order valence-electron chi connectivity index (χ2n) is 6.86. The molecule has 0 atom stereocenters. The van der Waals surface area contributed by atoms with E-state index in [9.17, 15) is 22.4 Å². The van der Waals surface area contributed by atoms with Crippen molar-refractivity contribution in [1.82, 2.24) is 19.9 Å². The molecule has 0 aliphatic heterocycles. The summed E-state index contributed by atoms with van der Waals surface area (Å²) in [5.41, 5.74) is -0.417. The molecule has 10 heteroatoms. The predicted molar refractivity (Wildman–Crippen MR) is 108 cm³/mol. The molecular formula is C22H16F4N4O2. The summed E-state index contributed by atoms with van der Waals surface area (Å²) in [4.78, 5) is 17.0. The van der Waals surface area contributed by atoms with Crippen molar-refractivity contribution in [3.63, 3.8) is 0 Å². The van der Waals surface area contributed by atoms with Gasteiger partial charge in [0.2, 0.25) is 0 Å². The van der Waals surface area contributed by atoms with E-state index in [-0.39, 0.29) is 23.4 Å². The number of halogens is 4. The number of carbonyl (C=O) groups excluding carboxylic acids is 1. The lowest BCUT2D eigenvalue weighted by Crippen LogP contribution is -2.23. The molecule has 0 aliphatic rings. The van der Waals surface area contributed by atoms with Crippen molar-refractivity contribution in [2.45, 2.75) is 12.7 Å². The topological polar surface area (TPSA) is 68.5 Å². The Hall–Kier alpha value is -3.95. The molecule has 164 valence electrons. The van der Waals surface area contributed by atoms with Crippen LogP contribution in [-0.4, -0.2) is 27.6 Å². The minimum atomic E-state index is -4.73. The number of nitrogens with one attached hydrogen (secondary N) is 1. The lowest BCUT2D eigenvalue weighted by Gasteiger charge is -2.12. The average molecular weight is 444 g/mol. The zero-order valence-corrected chi connectivity index (χ0v) is 16.7. The number of hydrogen-bond acceptors (Lipinski definition) is 4. The first-order valence-corrected chi connectivity index (χ1v) is 9.39. The smallest absolute Gasteiger partial charge is 0.433 e. The normalized spacial score (nSPS) is 11.5. The molecule has 32 heavy (non-hydrogen) atoms. The molecular weight excluding hydrogens is 428 g/mol. The molecule has 2 aromatic carbocycles. The van der Waals surface area contributed by atoms with E-state index in [4.69, 9.17) is 4.74 Å². The number of ether oxygens (including phenoxy) is 1. The van der Waals surface area contributed by atoms with E-state index in [1.807, 2.05) is 0 Å². The largest absolute Gasteiger partial charge is 0.497 e. The molecule has 2 heterocycles. The Kier molecular flexibility index (Phi) is 5.52. The Morgan fingerprint density at radius 2 is 1.88 bits per heavy atom. The summed E-state index contributed by atoms with van der Waals surface area (Å²) >= 11 is 0. The van der Waals surface area contributed by atoms with Gasteiger partial charge in [0.15, 0.2) is 11.3 Å². The fourth-order valence-electron chi connectivity index (χ4n) is 3.14. The highest BCUT2D eigenvalue weighted by Crippen LogP contribution is 2.33. The van der Waals surface area contributed by atoms with Crippen molar-refractivity contribution in [2.75, 3.05) is 7.11 Å². The third-order valence-electron chi connectivity index (χ3n) is 4.74. The van der Waals surface area contributed by atoms with Crippen LogP contribution in [0.15, 0.2) is 60.8 Å². The van der Waals surface area contributed by atoms with Gasteiger partial charge < -0.3 is 10.1 Å². The SMILES string of the molecule is COc1cccc(-c2cc(C(F)(F)F)n3ncc(C(=O)NCc4ccc(F)cc4)c3n2)c1. The maximum atomic E-state index is 13.7. The minimum Gasteiger partial charge on any atom is -0.497 e. The molecule has 0 aliphatic carbocycles. The van der Waals surface area contributed by atoms with Crippen molar-refractivity contribution in [3.8, 4) is 17.0 Å². The third-order valence-corrected chi connectivity index (χ3v) is 4.74. The van der Waals surface area contributed by atoms with Gasteiger partial charge in [-0.05, 0) is 35.9 Å². The van der Waals surface area contributed by atoms with Gasteiger partial charge in [-0.2, -0.15) is 18.3 Å². The molecule has 4 aromatic rings. The van der Waals surface area contributed by atoms with Crippen LogP contribution in [0.2, 0.25) is 0 Å². The van der Waals surface area contributed by atoms with Gasteiger partial charge in [0.1, 0.15) is 17.1 Å². The number of methoxy groups -OCH3 is 1. The van der Waals surface area contributed by atoms with Gasteiger partial charge in [0.05, 0.1) is 19.0 Å². The van der Waals surface area contributed by atoms with Crippen LogP contribution in [0, 0.1) is 5.82 Å². The van der Waals surface area contributed by atoms with Gasteiger partial charge in [-0.25, -0.2) is 13.9 Å². The first-order valence-electron chi connectivity index (χ1n) is 9.39. The Morgan fingerprint density at radius 3 is 2.56 bits per heavy atom.